The van der Waals surface area contributed by atoms with E-state index in [0.717, 1.165) is 36.0 Å². The molecule has 0 fully saturated rings. The van der Waals surface area contributed by atoms with Crippen LogP contribution in [0.2, 0.25) is 0 Å². The third-order valence-corrected chi connectivity index (χ3v) is 3.97. The SMILES string of the molecule is CN=C(NCCc1cccc(OC)c1)NCc1ccc(OC)c(OC)c1.I. The number of ether oxygens (including phenoxy) is 3. The van der Waals surface area contributed by atoms with Gasteiger partial charge in [0.15, 0.2) is 17.5 Å². The Labute approximate surface area is 178 Å². The van der Waals surface area contributed by atoms with E-state index in [4.69, 9.17) is 14.2 Å². The summed E-state index contributed by atoms with van der Waals surface area (Å²) in [5.41, 5.74) is 2.30. The maximum atomic E-state index is 5.33. The Morgan fingerprint density at radius 1 is 0.889 bits per heavy atom. The lowest BCUT2D eigenvalue weighted by molar-refractivity contribution is 0.354. The average molecular weight is 485 g/mol. The standard InChI is InChI=1S/C20H27N3O3.HI/c1-21-20(22-11-10-15-6-5-7-17(12-15)24-2)23-14-16-8-9-18(25-3)19(13-16)26-4;/h5-9,12-13H,10-11,14H2,1-4H3,(H2,21,22,23);1H. The highest BCUT2D eigenvalue weighted by molar-refractivity contribution is 14.0. The molecule has 0 aromatic heterocycles. The number of hydrogen-bond acceptors (Lipinski definition) is 4. The molecule has 0 bridgehead atoms. The molecule has 0 saturated carbocycles. The van der Waals surface area contributed by atoms with Crippen molar-refractivity contribution in [2.75, 3.05) is 34.9 Å². The first-order chi connectivity index (χ1) is 12.7. The summed E-state index contributed by atoms with van der Waals surface area (Å²) < 4.78 is 15.8. The average Bonchev–Trinajstić information content (AvgIpc) is 2.70. The molecular formula is C20H28IN3O3. The quantitative estimate of drug-likeness (QED) is 0.342. The van der Waals surface area contributed by atoms with Crippen molar-refractivity contribution in [2.24, 2.45) is 4.99 Å². The molecule has 0 aliphatic rings. The van der Waals surface area contributed by atoms with Crippen LogP contribution in [0.3, 0.4) is 0 Å². The molecule has 0 heterocycles. The number of methoxy groups -OCH3 is 3. The van der Waals surface area contributed by atoms with E-state index in [0.29, 0.717) is 12.3 Å². The Morgan fingerprint density at radius 3 is 2.33 bits per heavy atom. The summed E-state index contributed by atoms with van der Waals surface area (Å²) in [7, 11) is 6.70. The number of benzene rings is 2. The van der Waals surface area contributed by atoms with Crippen molar-refractivity contribution < 1.29 is 14.2 Å². The summed E-state index contributed by atoms with van der Waals surface area (Å²) in [6, 6.07) is 13.9. The molecule has 27 heavy (non-hydrogen) atoms. The lowest BCUT2D eigenvalue weighted by Crippen LogP contribution is -2.37. The zero-order valence-corrected chi connectivity index (χ0v) is 18.6. The molecule has 2 rings (SSSR count). The number of nitrogens with zero attached hydrogens (tertiary/aromatic N) is 1. The van der Waals surface area contributed by atoms with Crippen LogP contribution in [-0.2, 0) is 13.0 Å². The van der Waals surface area contributed by atoms with Crippen molar-refractivity contribution in [1.82, 2.24) is 10.6 Å². The second-order valence-corrected chi connectivity index (χ2v) is 5.64. The van der Waals surface area contributed by atoms with Gasteiger partial charge in [-0.2, -0.15) is 0 Å². The van der Waals surface area contributed by atoms with Gasteiger partial charge in [0.25, 0.3) is 0 Å². The van der Waals surface area contributed by atoms with Gasteiger partial charge in [-0.1, -0.05) is 18.2 Å². The lowest BCUT2D eigenvalue weighted by Gasteiger charge is -2.13. The van der Waals surface area contributed by atoms with E-state index in [1.54, 1.807) is 28.4 Å². The van der Waals surface area contributed by atoms with Gasteiger partial charge in [0.2, 0.25) is 0 Å². The molecule has 0 aliphatic carbocycles. The van der Waals surface area contributed by atoms with Crippen LogP contribution >= 0.6 is 24.0 Å². The minimum absolute atomic E-state index is 0. The van der Waals surface area contributed by atoms with Gasteiger partial charge >= 0.3 is 0 Å². The fourth-order valence-electron chi connectivity index (χ4n) is 2.55. The molecule has 0 radical (unpaired) electrons. The van der Waals surface area contributed by atoms with Crippen molar-refractivity contribution in [3.05, 3.63) is 53.6 Å². The normalized spacial score (nSPS) is 10.6. The molecule has 0 spiro atoms. The van der Waals surface area contributed by atoms with E-state index in [-0.39, 0.29) is 24.0 Å². The smallest absolute Gasteiger partial charge is 0.191 e. The Morgan fingerprint density at radius 2 is 1.67 bits per heavy atom. The van der Waals surface area contributed by atoms with Crippen molar-refractivity contribution in [1.29, 1.82) is 0 Å². The van der Waals surface area contributed by atoms with Crippen LogP contribution in [0.5, 0.6) is 17.2 Å². The molecule has 7 heteroatoms. The van der Waals surface area contributed by atoms with E-state index in [9.17, 15) is 0 Å². The summed E-state index contributed by atoms with van der Waals surface area (Å²) in [6.45, 7) is 1.41. The van der Waals surface area contributed by atoms with Crippen molar-refractivity contribution in [3.8, 4) is 17.2 Å². The zero-order valence-electron chi connectivity index (χ0n) is 16.2. The van der Waals surface area contributed by atoms with Crippen LogP contribution in [0.4, 0.5) is 0 Å². The maximum Gasteiger partial charge on any atom is 0.191 e. The summed E-state index contributed by atoms with van der Waals surface area (Å²) in [6.07, 6.45) is 0.883. The fourth-order valence-corrected chi connectivity index (χ4v) is 2.55. The van der Waals surface area contributed by atoms with E-state index < -0.39 is 0 Å². The topological polar surface area (TPSA) is 64.1 Å². The van der Waals surface area contributed by atoms with Crippen molar-refractivity contribution >= 4 is 29.9 Å². The highest BCUT2D eigenvalue weighted by atomic mass is 127. The van der Waals surface area contributed by atoms with Crippen molar-refractivity contribution in [3.63, 3.8) is 0 Å². The number of hydrogen-bond donors (Lipinski definition) is 2. The number of guanidine groups is 1. The van der Waals surface area contributed by atoms with Gasteiger partial charge in [-0.25, -0.2) is 0 Å². The molecule has 0 unspecified atom stereocenters. The Balaban J connectivity index is 0.00000364. The predicted molar refractivity (Wildman–Crippen MR) is 120 cm³/mol. The van der Waals surface area contributed by atoms with E-state index >= 15 is 0 Å². The van der Waals surface area contributed by atoms with E-state index in [2.05, 4.69) is 21.7 Å². The molecule has 6 nitrogen and oxygen atoms in total. The maximum absolute atomic E-state index is 5.33. The van der Waals surface area contributed by atoms with E-state index in [1.165, 1.54) is 5.56 Å². The highest BCUT2D eigenvalue weighted by Crippen LogP contribution is 2.27. The van der Waals surface area contributed by atoms with Gasteiger partial charge in [-0.3, -0.25) is 4.99 Å². The largest absolute Gasteiger partial charge is 0.497 e. The summed E-state index contributed by atoms with van der Waals surface area (Å²) in [5.74, 6) is 3.06. The van der Waals surface area contributed by atoms with Gasteiger partial charge in [-0.05, 0) is 41.8 Å². The number of aliphatic imine (C=N–C) groups is 1. The van der Waals surface area contributed by atoms with Gasteiger partial charge in [0.1, 0.15) is 5.75 Å². The summed E-state index contributed by atoms with van der Waals surface area (Å²) in [5, 5.41) is 6.62. The Kier molecular flexibility index (Phi) is 10.4. The first-order valence-electron chi connectivity index (χ1n) is 8.48. The second-order valence-electron chi connectivity index (χ2n) is 5.64. The minimum atomic E-state index is 0. The van der Waals surface area contributed by atoms with Crippen LogP contribution in [0.25, 0.3) is 0 Å². The monoisotopic (exact) mass is 485 g/mol. The number of nitrogens with one attached hydrogen (secondary N) is 2. The first kappa shape index (κ1) is 22.9. The van der Waals surface area contributed by atoms with Crippen LogP contribution in [0, 0.1) is 0 Å². The number of halogens is 1. The van der Waals surface area contributed by atoms with Crippen LogP contribution in [0.15, 0.2) is 47.5 Å². The zero-order chi connectivity index (χ0) is 18.8. The Hall–Kier alpha value is -2.16. The minimum Gasteiger partial charge on any atom is -0.497 e. The molecule has 2 aromatic carbocycles. The van der Waals surface area contributed by atoms with Crippen molar-refractivity contribution in [2.45, 2.75) is 13.0 Å². The molecule has 2 aromatic rings. The molecule has 148 valence electrons. The van der Waals surface area contributed by atoms with Crippen LogP contribution in [-0.4, -0.2) is 40.9 Å². The van der Waals surface area contributed by atoms with Gasteiger partial charge in [0, 0.05) is 20.1 Å². The van der Waals surface area contributed by atoms with Crippen LogP contribution < -0.4 is 24.8 Å². The summed E-state index contributed by atoms with van der Waals surface area (Å²) in [4.78, 5) is 4.26. The molecule has 0 aliphatic heterocycles. The second kappa shape index (κ2) is 12.3. The van der Waals surface area contributed by atoms with Gasteiger partial charge in [0.05, 0.1) is 21.3 Å². The molecule has 0 saturated heterocycles. The highest BCUT2D eigenvalue weighted by Gasteiger charge is 2.05. The third kappa shape index (κ3) is 7.16. The van der Waals surface area contributed by atoms with E-state index in [1.807, 2.05) is 36.4 Å². The van der Waals surface area contributed by atoms with Crippen LogP contribution in [0.1, 0.15) is 11.1 Å². The van der Waals surface area contributed by atoms with Gasteiger partial charge < -0.3 is 24.8 Å². The summed E-state index contributed by atoms with van der Waals surface area (Å²) >= 11 is 0. The third-order valence-electron chi connectivity index (χ3n) is 3.97. The molecule has 0 amide bonds. The number of rotatable bonds is 8. The fraction of sp³-hybridized carbons (Fsp3) is 0.350. The lowest BCUT2D eigenvalue weighted by atomic mass is 10.1. The van der Waals surface area contributed by atoms with Gasteiger partial charge in [-0.15, -0.1) is 24.0 Å². The molecular weight excluding hydrogens is 457 g/mol. The molecule has 2 N–H and O–H groups in total. The predicted octanol–water partition coefficient (Wildman–Crippen LogP) is 3.24. The first-order valence-corrected chi connectivity index (χ1v) is 8.48. The molecule has 0 atom stereocenters. The Bertz CT molecular complexity index is 738.